The molecule has 0 bridgehead atoms. The second-order valence-corrected chi connectivity index (χ2v) is 5.06. The predicted octanol–water partition coefficient (Wildman–Crippen LogP) is -1.82. The largest absolute Gasteiger partial charge is 1.00 e. The first-order valence-corrected chi connectivity index (χ1v) is 5.67. The molecule has 0 aliphatic heterocycles. The summed E-state index contributed by atoms with van der Waals surface area (Å²) < 4.78 is 24.8. The van der Waals surface area contributed by atoms with Crippen LogP contribution in [0.1, 0.15) is 0 Å². The van der Waals surface area contributed by atoms with Gasteiger partial charge in [-0.2, -0.15) is 0 Å². The van der Waals surface area contributed by atoms with Crippen molar-refractivity contribution in [1.82, 2.24) is 4.72 Å². The fourth-order valence-electron chi connectivity index (χ4n) is 0.774. The standard InChI is InChI=1S/C7H7NO2S3.K/c9-13(10,8-7(11)12)6-4-2-1-3-5-6;/h1-5H,(H2,8,11,12);/q;+1. The average Bonchev–Trinajstić information content (AvgIpc) is 2.04. The van der Waals surface area contributed by atoms with E-state index in [1.165, 1.54) is 12.1 Å². The van der Waals surface area contributed by atoms with Gasteiger partial charge in [0.25, 0.3) is 10.0 Å². The molecule has 0 aromatic heterocycles. The van der Waals surface area contributed by atoms with Crippen molar-refractivity contribution in [3.8, 4) is 0 Å². The van der Waals surface area contributed by atoms with Crippen molar-refractivity contribution in [2.24, 2.45) is 0 Å². The Morgan fingerprint density at radius 3 is 2.21 bits per heavy atom. The first kappa shape index (κ1) is 15.0. The first-order chi connectivity index (χ1) is 6.02. The molecule has 3 nitrogen and oxygen atoms in total. The number of thiocarbonyl (C=S) groups is 1. The quantitative estimate of drug-likeness (QED) is 0.379. The smallest absolute Gasteiger partial charge is 0.265 e. The van der Waals surface area contributed by atoms with Gasteiger partial charge in [-0.3, -0.25) is 4.72 Å². The van der Waals surface area contributed by atoms with Crippen LogP contribution in [0.5, 0.6) is 0 Å². The van der Waals surface area contributed by atoms with Crippen LogP contribution in [0, 0.1) is 0 Å². The van der Waals surface area contributed by atoms with E-state index in [4.69, 9.17) is 0 Å². The first-order valence-electron chi connectivity index (χ1n) is 3.33. The molecule has 0 fully saturated rings. The van der Waals surface area contributed by atoms with Crippen molar-refractivity contribution >= 4 is 39.2 Å². The van der Waals surface area contributed by atoms with Crippen molar-refractivity contribution in [3.63, 3.8) is 0 Å². The van der Waals surface area contributed by atoms with Crippen LogP contribution in [0.2, 0.25) is 0 Å². The van der Waals surface area contributed by atoms with Crippen LogP contribution in [0.25, 0.3) is 0 Å². The Bertz CT molecular complexity index is 404. The summed E-state index contributed by atoms with van der Waals surface area (Å²) in [4.78, 5) is 0.173. The van der Waals surface area contributed by atoms with Gasteiger partial charge in [0.1, 0.15) is 4.32 Å². The minimum atomic E-state index is -3.53. The summed E-state index contributed by atoms with van der Waals surface area (Å²) >= 11 is 8.20. The average molecular weight is 272 g/mol. The van der Waals surface area contributed by atoms with E-state index < -0.39 is 10.0 Å². The topological polar surface area (TPSA) is 46.2 Å². The third-order valence-electron chi connectivity index (χ3n) is 1.28. The zero-order valence-corrected chi connectivity index (χ0v) is 13.1. The van der Waals surface area contributed by atoms with Gasteiger partial charge in [0, 0.05) is 0 Å². The number of benzene rings is 1. The molecule has 0 amide bonds. The molecule has 0 heterocycles. The van der Waals surface area contributed by atoms with Crippen LogP contribution in [0.3, 0.4) is 0 Å². The summed E-state index contributed by atoms with van der Waals surface area (Å²) in [7, 11) is -3.53. The Kier molecular flexibility index (Phi) is 7.08. The van der Waals surface area contributed by atoms with Crippen molar-refractivity contribution in [1.29, 1.82) is 0 Å². The molecule has 1 N–H and O–H groups in total. The maximum absolute atomic E-state index is 11.4. The minimum Gasteiger partial charge on any atom is -0.265 e. The minimum absolute atomic E-state index is 0. The van der Waals surface area contributed by atoms with Crippen LogP contribution in [0.4, 0.5) is 0 Å². The van der Waals surface area contributed by atoms with Crippen LogP contribution in [0.15, 0.2) is 35.2 Å². The van der Waals surface area contributed by atoms with Crippen molar-refractivity contribution in [2.75, 3.05) is 0 Å². The molecule has 0 atom stereocenters. The van der Waals surface area contributed by atoms with Gasteiger partial charge in [0.2, 0.25) is 0 Å². The SMILES string of the molecule is O=S(=O)(NC(=S)S)c1ccccc1.[K+]. The maximum atomic E-state index is 11.4. The molecule has 0 saturated carbocycles. The van der Waals surface area contributed by atoms with Crippen LogP contribution < -0.4 is 56.1 Å². The van der Waals surface area contributed by atoms with Crippen LogP contribution in [-0.4, -0.2) is 12.7 Å². The van der Waals surface area contributed by atoms with Gasteiger partial charge in [-0.15, -0.1) is 12.6 Å². The molecule has 0 radical (unpaired) electrons. The molecule has 0 unspecified atom stereocenters. The third-order valence-corrected chi connectivity index (χ3v) is 3.14. The Balaban J connectivity index is 0.00000169. The zero-order chi connectivity index (χ0) is 9.90. The van der Waals surface area contributed by atoms with E-state index in [1.54, 1.807) is 18.2 Å². The maximum Gasteiger partial charge on any atom is 1.00 e. The van der Waals surface area contributed by atoms with Gasteiger partial charge in [-0.1, -0.05) is 30.4 Å². The Labute approximate surface area is 137 Å². The fourth-order valence-corrected chi connectivity index (χ4v) is 2.33. The van der Waals surface area contributed by atoms with Gasteiger partial charge < -0.3 is 0 Å². The molecule has 0 aliphatic carbocycles. The van der Waals surface area contributed by atoms with Crippen LogP contribution >= 0.6 is 24.8 Å². The van der Waals surface area contributed by atoms with E-state index in [2.05, 4.69) is 29.6 Å². The van der Waals surface area contributed by atoms with E-state index in [0.717, 1.165) is 0 Å². The van der Waals surface area contributed by atoms with E-state index in [9.17, 15) is 8.42 Å². The van der Waals surface area contributed by atoms with E-state index in [-0.39, 0.29) is 60.6 Å². The summed E-state index contributed by atoms with van der Waals surface area (Å²) in [5.74, 6) is 0. The van der Waals surface area contributed by atoms with E-state index in [1.807, 2.05) is 0 Å². The number of hydrogen-bond acceptors (Lipinski definition) is 3. The number of nitrogens with one attached hydrogen (secondary N) is 1. The molecule has 1 aromatic carbocycles. The normalized spacial score (nSPS) is 10.1. The van der Waals surface area contributed by atoms with Gasteiger partial charge in [0.15, 0.2) is 0 Å². The number of sulfonamides is 1. The second-order valence-electron chi connectivity index (χ2n) is 2.22. The summed E-state index contributed by atoms with van der Waals surface area (Å²) in [5.41, 5.74) is 0. The van der Waals surface area contributed by atoms with Crippen LogP contribution in [-0.2, 0) is 10.0 Å². The summed E-state index contributed by atoms with van der Waals surface area (Å²) in [5, 5.41) is 0. The molecule has 0 saturated heterocycles. The fraction of sp³-hybridized carbons (Fsp3) is 0. The molecule has 7 heteroatoms. The van der Waals surface area contributed by atoms with Gasteiger partial charge >= 0.3 is 51.4 Å². The van der Waals surface area contributed by atoms with Crippen molar-refractivity contribution < 1.29 is 59.8 Å². The van der Waals surface area contributed by atoms with E-state index >= 15 is 0 Å². The summed E-state index contributed by atoms with van der Waals surface area (Å²) in [6.07, 6.45) is 0. The Morgan fingerprint density at radius 2 is 1.79 bits per heavy atom. The molecule has 70 valence electrons. The van der Waals surface area contributed by atoms with Gasteiger partial charge in [0.05, 0.1) is 4.90 Å². The summed E-state index contributed by atoms with van der Waals surface area (Å²) in [6, 6.07) is 7.97. The molecule has 14 heavy (non-hydrogen) atoms. The molecule has 0 spiro atoms. The summed E-state index contributed by atoms with van der Waals surface area (Å²) in [6.45, 7) is 0. The number of thiol groups is 1. The van der Waals surface area contributed by atoms with Gasteiger partial charge in [-0.05, 0) is 12.1 Å². The molecular weight excluding hydrogens is 265 g/mol. The second kappa shape index (κ2) is 6.59. The molecule has 1 rings (SSSR count). The number of rotatable bonds is 2. The van der Waals surface area contributed by atoms with E-state index in [0.29, 0.717) is 0 Å². The molecule has 0 aliphatic rings. The predicted molar refractivity (Wildman–Crippen MR) is 58.3 cm³/mol. The number of hydrogen-bond donors (Lipinski definition) is 2. The molecule has 1 aromatic rings. The van der Waals surface area contributed by atoms with Crippen molar-refractivity contribution in [3.05, 3.63) is 30.3 Å². The Morgan fingerprint density at radius 1 is 1.29 bits per heavy atom. The van der Waals surface area contributed by atoms with Crippen molar-refractivity contribution in [2.45, 2.75) is 4.90 Å². The third kappa shape index (κ3) is 4.71. The Hall–Kier alpha value is 1.05. The van der Waals surface area contributed by atoms with Gasteiger partial charge in [-0.25, -0.2) is 8.42 Å². The zero-order valence-electron chi connectivity index (χ0n) is 7.47. The molecular formula is C7H7KNO2S3+. The monoisotopic (exact) mass is 272 g/mol.